The molecule has 2 N–H and O–H groups in total. The highest BCUT2D eigenvalue weighted by Crippen LogP contribution is 2.15. The van der Waals surface area contributed by atoms with Crippen molar-refractivity contribution in [1.29, 1.82) is 0 Å². The molecule has 0 aliphatic carbocycles. The molecule has 0 spiro atoms. The first-order valence-corrected chi connectivity index (χ1v) is 7.74. The van der Waals surface area contributed by atoms with Crippen molar-refractivity contribution in [2.75, 3.05) is 6.54 Å². The van der Waals surface area contributed by atoms with Crippen LogP contribution >= 0.6 is 11.6 Å². The molecule has 4 heteroatoms. The predicted octanol–water partition coefficient (Wildman–Crippen LogP) is 3.62. The maximum atomic E-state index is 11.9. The van der Waals surface area contributed by atoms with E-state index < -0.39 is 0 Å². The van der Waals surface area contributed by atoms with Gasteiger partial charge in [-0.05, 0) is 42.7 Å². The number of hydrogen-bond acceptors (Lipinski definition) is 2. The van der Waals surface area contributed by atoms with Gasteiger partial charge in [-0.3, -0.25) is 4.79 Å². The first-order chi connectivity index (χ1) is 10.6. The minimum Gasteiger partial charge on any atom is -0.351 e. The van der Waals surface area contributed by atoms with Crippen LogP contribution in [0.3, 0.4) is 0 Å². The Morgan fingerprint density at radius 2 is 1.82 bits per heavy atom. The van der Waals surface area contributed by atoms with E-state index in [1.54, 1.807) is 0 Å². The second-order valence-corrected chi connectivity index (χ2v) is 5.79. The molecule has 0 aromatic heterocycles. The van der Waals surface area contributed by atoms with Crippen molar-refractivity contribution >= 4 is 17.5 Å². The molecule has 2 rings (SSSR count). The highest BCUT2D eigenvalue weighted by Gasteiger charge is 2.08. The van der Waals surface area contributed by atoms with Gasteiger partial charge < -0.3 is 10.6 Å². The minimum atomic E-state index is -0.0101. The fraction of sp³-hybridized carbons (Fsp3) is 0.278. The van der Waals surface area contributed by atoms with E-state index in [1.165, 1.54) is 5.56 Å². The zero-order valence-electron chi connectivity index (χ0n) is 12.9. The highest BCUT2D eigenvalue weighted by atomic mass is 35.5. The van der Waals surface area contributed by atoms with Crippen LogP contribution < -0.4 is 10.6 Å². The molecule has 2 aromatic carbocycles. The van der Waals surface area contributed by atoms with Crippen molar-refractivity contribution in [3.63, 3.8) is 0 Å². The highest BCUT2D eigenvalue weighted by molar-refractivity contribution is 6.30. The molecule has 2 aromatic rings. The topological polar surface area (TPSA) is 41.1 Å². The molecule has 1 atom stereocenters. The molecule has 0 heterocycles. The van der Waals surface area contributed by atoms with Crippen LogP contribution in [0.25, 0.3) is 0 Å². The summed E-state index contributed by atoms with van der Waals surface area (Å²) in [5, 5.41) is 6.86. The van der Waals surface area contributed by atoms with E-state index in [9.17, 15) is 4.79 Å². The van der Waals surface area contributed by atoms with Crippen LogP contribution in [-0.4, -0.2) is 12.5 Å². The molecule has 1 amide bonds. The molecule has 22 heavy (non-hydrogen) atoms. The van der Waals surface area contributed by atoms with Gasteiger partial charge in [0.2, 0.25) is 5.91 Å². The standard InChI is InChI=1S/C18H21ClN2O/c1-13-5-3-4-6-16(13)11-21-18(22)12-20-14(2)15-7-9-17(19)10-8-15/h3-10,14,20H,11-12H2,1-2H3,(H,21,22)/t14-/m0/s1. The molecule has 116 valence electrons. The monoisotopic (exact) mass is 316 g/mol. The van der Waals surface area contributed by atoms with Crippen molar-refractivity contribution < 1.29 is 4.79 Å². The summed E-state index contributed by atoms with van der Waals surface area (Å²) in [6.45, 7) is 4.92. The zero-order valence-corrected chi connectivity index (χ0v) is 13.7. The summed E-state index contributed by atoms with van der Waals surface area (Å²) in [6, 6.07) is 15.8. The van der Waals surface area contributed by atoms with Gasteiger partial charge in [0.1, 0.15) is 0 Å². The van der Waals surface area contributed by atoms with Gasteiger partial charge in [0.15, 0.2) is 0 Å². The lowest BCUT2D eigenvalue weighted by Crippen LogP contribution is -2.34. The minimum absolute atomic E-state index is 0.0101. The molecule has 0 aliphatic rings. The van der Waals surface area contributed by atoms with Gasteiger partial charge in [-0.2, -0.15) is 0 Å². The number of hydrogen-bond donors (Lipinski definition) is 2. The Bertz CT molecular complexity index is 625. The summed E-state index contributed by atoms with van der Waals surface area (Å²) in [6.07, 6.45) is 0. The van der Waals surface area contributed by atoms with Crippen LogP contribution in [0.2, 0.25) is 5.02 Å². The Hall–Kier alpha value is -1.84. The molecule has 0 unspecified atom stereocenters. The summed E-state index contributed by atoms with van der Waals surface area (Å²) in [5.41, 5.74) is 3.43. The summed E-state index contributed by atoms with van der Waals surface area (Å²) in [5.74, 6) is -0.0101. The average Bonchev–Trinajstić information content (AvgIpc) is 2.52. The van der Waals surface area contributed by atoms with E-state index in [4.69, 9.17) is 11.6 Å². The lowest BCUT2D eigenvalue weighted by atomic mass is 10.1. The number of aryl methyl sites for hydroxylation is 1. The first kappa shape index (κ1) is 16.5. The van der Waals surface area contributed by atoms with Crippen molar-refractivity contribution in [2.45, 2.75) is 26.4 Å². The van der Waals surface area contributed by atoms with E-state index in [1.807, 2.05) is 62.4 Å². The van der Waals surface area contributed by atoms with Crippen molar-refractivity contribution in [1.82, 2.24) is 10.6 Å². The maximum absolute atomic E-state index is 11.9. The summed E-state index contributed by atoms with van der Waals surface area (Å²) >= 11 is 5.87. The van der Waals surface area contributed by atoms with Gasteiger partial charge >= 0.3 is 0 Å². The molecule has 0 saturated carbocycles. The van der Waals surface area contributed by atoms with E-state index >= 15 is 0 Å². The third kappa shape index (κ3) is 4.86. The zero-order chi connectivity index (χ0) is 15.9. The predicted molar refractivity (Wildman–Crippen MR) is 90.9 cm³/mol. The lowest BCUT2D eigenvalue weighted by Gasteiger charge is -2.14. The van der Waals surface area contributed by atoms with Gasteiger partial charge in [-0.25, -0.2) is 0 Å². The fourth-order valence-corrected chi connectivity index (χ4v) is 2.31. The van der Waals surface area contributed by atoms with Crippen molar-refractivity contribution in [3.8, 4) is 0 Å². The number of amides is 1. The Balaban J connectivity index is 1.78. The van der Waals surface area contributed by atoms with Crippen LogP contribution in [0.5, 0.6) is 0 Å². The van der Waals surface area contributed by atoms with Crippen LogP contribution in [0.4, 0.5) is 0 Å². The van der Waals surface area contributed by atoms with E-state index in [0.717, 1.165) is 11.1 Å². The first-order valence-electron chi connectivity index (χ1n) is 7.36. The summed E-state index contributed by atoms with van der Waals surface area (Å²) in [4.78, 5) is 11.9. The normalized spacial score (nSPS) is 12.0. The molecule has 0 saturated heterocycles. The third-order valence-electron chi connectivity index (χ3n) is 3.68. The molecule has 0 radical (unpaired) electrons. The Labute approximate surface area is 136 Å². The fourth-order valence-electron chi connectivity index (χ4n) is 2.18. The van der Waals surface area contributed by atoms with Gasteiger partial charge in [0, 0.05) is 17.6 Å². The van der Waals surface area contributed by atoms with Crippen LogP contribution in [0, 0.1) is 6.92 Å². The second-order valence-electron chi connectivity index (χ2n) is 5.36. The molecular weight excluding hydrogens is 296 g/mol. The van der Waals surface area contributed by atoms with Gasteiger partial charge in [0.05, 0.1) is 6.54 Å². The number of halogens is 1. The van der Waals surface area contributed by atoms with Crippen molar-refractivity contribution in [2.24, 2.45) is 0 Å². The summed E-state index contributed by atoms with van der Waals surface area (Å²) in [7, 11) is 0. The van der Waals surface area contributed by atoms with Crippen LogP contribution in [-0.2, 0) is 11.3 Å². The molecular formula is C18H21ClN2O. The smallest absolute Gasteiger partial charge is 0.234 e. The Morgan fingerprint density at radius 1 is 1.14 bits per heavy atom. The lowest BCUT2D eigenvalue weighted by molar-refractivity contribution is -0.120. The second kappa shape index (κ2) is 7.97. The maximum Gasteiger partial charge on any atom is 0.234 e. The Morgan fingerprint density at radius 3 is 2.50 bits per heavy atom. The number of nitrogens with one attached hydrogen (secondary N) is 2. The number of carbonyl (C=O) groups is 1. The molecule has 0 aliphatic heterocycles. The number of rotatable bonds is 6. The number of benzene rings is 2. The van der Waals surface area contributed by atoms with Gasteiger partial charge in [-0.15, -0.1) is 0 Å². The average molecular weight is 317 g/mol. The van der Waals surface area contributed by atoms with E-state index in [-0.39, 0.29) is 18.5 Å². The van der Waals surface area contributed by atoms with Gasteiger partial charge in [0.25, 0.3) is 0 Å². The quantitative estimate of drug-likeness (QED) is 0.854. The Kier molecular flexibility index (Phi) is 5.99. The molecule has 3 nitrogen and oxygen atoms in total. The largest absolute Gasteiger partial charge is 0.351 e. The molecule has 0 bridgehead atoms. The van der Waals surface area contributed by atoms with E-state index in [0.29, 0.717) is 11.6 Å². The van der Waals surface area contributed by atoms with Crippen molar-refractivity contribution in [3.05, 3.63) is 70.2 Å². The third-order valence-corrected chi connectivity index (χ3v) is 3.93. The van der Waals surface area contributed by atoms with E-state index in [2.05, 4.69) is 10.6 Å². The van der Waals surface area contributed by atoms with Crippen LogP contribution in [0.1, 0.15) is 29.7 Å². The summed E-state index contributed by atoms with van der Waals surface area (Å²) < 4.78 is 0. The SMILES string of the molecule is Cc1ccccc1CNC(=O)CN[C@@H](C)c1ccc(Cl)cc1. The van der Waals surface area contributed by atoms with Gasteiger partial charge in [-0.1, -0.05) is 48.0 Å². The molecule has 0 fully saturated rings. The van der Waals surface area contributed by atoms with Crippen LogP contribution in [0.15, 0.2) is 48.5 Å². The number of carbonyl (C=O) groups excluding carboxylic acids is 1.